The summed E-state index contributed by atoms with van der Waals surface area (Å²) in [4.78, 5) is 0. The molecule has 2 aromatic carbocycles. The molecule has 3 rings (SSSR count). The molecule has 1 saturated carbocycles. The summed E-state index contributed by atoms with van der Waals surface area (Å²) in [6, 6.07) is 19.7. The topological polar surface area (TPSA) is 12.0 Å². The van der Waals surface area contributed by atoms with Crippen molar-refractivity contribution in [1.82, 2.24) is 5.32 Å². The minimum atomic E-state index is 0.254. The van der Waals surface area contributed by atoms with Gasteiger partial charge in [0.15, 0.2) is 0 Å². The van der Waals surface area contributed by atoms with Gasteiger partial charge < -0.3 is 5.32 Å². The normalized spacial score (nSPS) is 16.5. The van der Waals surface area contributed by atoms with Crippen molar-refractivity contribution in [3.05, 3.63) is 77.9 Å². The third-order valence-electron chi connectivity index (χ3n) is 5.56. The lowest BCUT2D eigenvalue weighted by Crippen LogP contribution is -2.39. The maximum Gasteiger partial charge on any atom is 0.0343 e. The Balaban J connectivity index is 1.78. The number of aryl methyl sites for hydroxylation is 1. The van der Waals surface area contributed by atoms with Crippen LogP contribution in [0.1, 0.15) is 55.7 Å². The summed E-state index contributed by atoms with van der Waals surface area (Å²) < 4.78 is 0. The van der Waals surface area contributed by atoms with Crippen molar-refractivity contribution in [3.8, 4) is 0 Å². The molecule has 0 unspecified atom stereocenters. The van der Waals surface area contributed by atoms with Crippen LogP contribution in [0.25, 0.3) is 5.70 Å². The fourth-order valence-electron chi connectivity index (χ4n) is 4.08. The van der Waals surface area contributed by atoms with Gasteiger partial charge in [-0.3, -0.25) is 0 Å². The summed E-state index contributed by atoms with van der Waals surface area (Å²) in [5.74, 6) is 0. The Kier molecular flexibility index (Phi) is 5.40. The molecule has 2 aromatic rings. The largest absolute Gasteiger partial charge is 0.384 e. The zero-order valence-electron chi connectivity index (χ0n) is 14.9. The van der Waals surface area contributed by atoms with Gasteiger partial charge in [-0.25, -0.2) is 0 Å². The molecule has 1 N–H and O–H groups in total. The van der Waals surface area contributed by atoms with Gasteiger partial charge in [-0.1, -0.05) is 87.4 Å². The van der Waals surface area contributed by atoms with Crippen molar-refractivity contribution in [3.63, 3.8) is 0 Å². The third kappa shape index (κ3) is 3.56. The molecule has 1 fully saturated rings. The van der Waals surface area contributed by atoms with Gasteiger partial charge in [0.1, 0.15) is 0 Å². The number of benzene rings is 2. The highest BCUT2D eigenvalue weighted by molar-refractivity contribution is 5.65. The zero-order valence-corrected chi connectivity index (χ0v) is 14.9. The van der Waals surface area contributed by atoms with E-state index in [1.807, 2.05) is 0 Å². The second-order valence-electron chi connectivity index (χ2n) is 7.05. The van der Waals surface area contributed by atoms with E-state index in [-0.39, 0.29) is 5.41 Å². The van der Waals surface area contributed by atoms with E-state index in [1.165, 1.54) is 48.8 Å². The fourth-order valence-corrected chi connectivity index (χ4v) is 4.08. The van der Waals surface area contributed by atoms with E-state index in [0.717, 1.165) is 18.7 Å². The minimum Gasteiger partial charge on any atom is -0.384 e. The molecule has 0 aliphatic heterocycles. The Labute approximate surface area is 146 Å². The van der Waals surface area contributed by atoms with Crippen LogP contribution in [0, 0.1) is 0 Å². The van der Waals surface area contributed by atoms with Crippen LogP contribution in [-0.4, -0.2) is 6.54 Å². The summed E-state index contributed by atoms with van der Waals surface area (Å²) in [7, 11) is 0. The van der Waals surface area contributed by atoms with Gasteiger partial charge in [-0.2, -0.15) is 0 Å². The molecule has 0 radical (unpaired) electrons. The second-order valence-corrected chi connectivity index (χ2v) is 7.05. The first kappa shape index (κ1) is 16.8. The minimum absolute atomic E-state index is 0.254. The molecule has 1 heteroatoms. The predicted molar refractivity (Wildman–Crippen MR) is 104 cm³/mol. The lowest BCUT2D eigenvalue weighted by Gasteiger charge is -2.38. The van der Waals surface area contributed by atoms with Crippen LogP contribution in [0.4, 0.5) is 0 Å². The standard InChI is InChI=1S/C23H29N/c1-3-20-12-8-9-15-22(20)19(2)24-18-23(16-10-5-11-17-23)21-13-6-4-7-14-21/h4,6-9,12-15,24H,2-3,5,10-11,16-18H2,1H3. The lowest BCUT2D eigenvalue weighted by molar-refractivity contribution is 0.290. The maximum atomic E-state index is 4.33. The van der Waals surface area contributed by atoms with Gasteiger partial charge in [0, 0.05) is 23.2 Å². The maximum absolute atomic E-state index is 4.33. The van der Waals surface area contributed by atoms with Crippen LogP contribution in [0.5, 0.6) is 0 Å². The van der Waals surface area contributed by atoms with E-state index in [1.54, 1.807) is 0 Å². The van der Waals surface area contributed by atoms with E-state index in [9.17, 15) is 0 Å². The summed E-state index contributed by atoms with van der Waals surface area (Å²) in [6.07, 6.45) is 7.61. The van der Waals surface area contributed by atoms with Gasteiger partial charge >= 0.3 is 0 Å². The molecular weight excluding hydrogens is 290 g/mol. The predicted octanol–water partition coefficient (Wildman–Crippen LogP) is 5.71. The Bertz CT molecular complexity index is 665. The van der Waals surface area contributed by atoms with Crippen LogP contribution in [-0.2, 0) is 11.8 Å². The van der Waals surface area contributed by atoms with Crippen molar-refractivity contribution in [2.24, 2.45) is 0 Å². The van der Waals surface area contributed by atoms with Crippen LogP contribution in [0.15, 0.2) is 61.2 Å². The van der Waals surface area contributed by atoms with Gasteiger partial charge in [0.25, 0.3) is 0 Å². The van der Waals surface area contributed by atoms with Gasteiger partial charge in [-0.05, 0) is 30.4 Å². The molecule has 0 amide bonds. The zero-order chi connectivity index (χ0) is 16.8. The first-order chi connectivity index (χ1) is 11.7. The smallest absolute Gasteiger partial charge is 0.0343 e. The highest BCUT2D eigenvalue weighted by Crippen LogP contribution is 2.39. The quantitative estimate of drug-likeness (QED) is 0.719. The number of nitrogens with one attached hydrogen (secondary N) is 1. The number of rotatable bonds is 6. The average molecular weight is 319 g/mol. The number of hydrogen-bond donors (Lipinski definition) is 1. The van der Waals surface area contributed by atoms with Gasteiger partial charge in [-0.15, -0.1) is 0 Å². The highest BCUT2D eigenvalue weighted by Gasteiger charge is 2.33. The first-order valence-electron chi connectivity index (χ1n) is 9.32. The van der Waals surface area contributed by atoms with Crippen molar-refractivity contribution >= 4 is 5.70 Å². The van der Waals surface area contributed by atoms with Gasteiger partial charge in [0.2, 0.25) is 0 Å². The van der Waals surface area contributed by atoms with Crippen LogP contribution < -0.4 is 5.32 Å². The summed E-state index contributed by atoms with van der Waals surface area (Å²) in [5, 5.41) is 3.69. The molecule has 24 heavy (non-hydrogen) atoms. The van der Waals surface area contributed by atoms with Crippen molar-refractivity contribution in [2.45, 2.75) is 50.9 Å². The van der Waals surface area contributed by atoms with E-state index >= 15 is 0 Å². The Morgan fingerprint density at radius 1 is 0.958 bits per heavy atom. The average Bonchev–Trinajstić information content (AvgIpc) is 2.67. The van der Waals surface area contributed by atoms with E-state index in [0.29, 0.717) is 0 Å². The van der Waals surface area contributed by atoms with Crippen LogP contribution in [0.3, 0.4) is 0 Å². The molecule has 1 aliphatic rings. The molecule has 0 spiro atoms. The molecule has 1 aliphatic carbocycles. The van der Waals surface area contributed by atoms with E-state index in [4.69, 9.17) is 0 Å². The second kappa shape index (κ2) is 7.70. The fraction of sp³-hybridized carbons (Fsp3) is 0.391. The van der Waals surface area contributed by atoms with Crippen LogP contribution >= 0.6 is 0 Å². The molecule has 1 nitrogen and oxygen atoms in total. The lowest BCUT2D eigenvalue weighted by atomic mass is 9.69. The molecule has 0 saturated heterocycles. The van der Waals surface area contributed by atoms with E-state index < -0.39 is 0 Å². The molecule has 0 heterocycles. The van der Waals surface area contributed by atoms with Crippen molar-refractivity contribution in [1.29, 1.82) is 0 Å². The Morgan fingerprint density at radius 2 is 1.62 bits per heavy atom. The molecule has 0 aromatic heterocycles. The first-order valence-corrected chi connectivity index (χ1v) is 9.32. The van der Waals surface area contributed by atoms with Crippen LogP contribution in [0.2, 0.25) is 0 Å². The SMILES string of the molecule is C=C(NCC1(c2ccccc2)CCCCC1)c1ccccc1CC. The summed E-state index contributed by atoms with van der Waals surface area (Å²) in [6.45, 7) is 7.52. The van der Waals surface area contributed by atoms with Gasteiger partial charge in [0.05, 0.1) is 0 Å². The monoisotopic (exact) mass is 319 g/mol. The molecule has 126 valence electrons. The van der Waals surface area contributed by atoms with Crippen molar-refractivity contribution < 1.29 is 0 Å². The number of hydrogen-bond acceptors (Lipinski definition) is 1. The third-order valence-corrected chi connectivity index (χ3v) is 5.56. The van der Waals surface area contributed by atoms with E-state index in [2.05, 4.69) is 73.4 Å². The molecular formula is C23H29N. The molecule has 0 bridgehead atoms. The Hall–Kier alpha value is -2.02. The summed E-state index contributed by atoms with van der Waals surface area (Å²) in [5.41, 5.74) is 5.43. The van der Waals surface area contributed by atoms with Crippen molar-refractivity contribution in [2.75, 3.05) is 6.54 Å². The Morgan fingerprint density at radius 3 is 2.33 bits per heavy atom. The highest BCUT2D eigenvalue weighted by atomic mass is 14.9. The molecule has 0 atom stereocenters. The summed E-state index contributed by atoms with van der Waals surface area (Å²) >= 11 is 0.